The average molecular weight is 710 g/mol. The van der Waals surface area contributed by atoms with Crippen LogP contribution in [0.4, 0.5) is 17.1 Å². The van der Waals surface area contributed by atoms with Crippen molar-refractivity contribution in [1.82, 2.24) is 0 Å². The van der Waals surface area contributed by atoms with Gasteiger partial charge in [-0.25, -0.2) is 0 Å². The molecule has 3 heteroatoms. The molecule has 2 heterocycles. The molecule has 0 saturated heterocycles. The topological polar surface area (TPSA) is 3.24 Å². The minimum absolute atomic E-state index is 1.12. The second-order valence-electron chi connectivity index (χ2n) is 13.7. The molecule has 0 unspecified atom stereocenters. The van der Waals surface area contributed by atoms with Crippen molar-refractivity contribution in [2.45, 2.75) is 0 Å². The highest BCUT2D eigenvalue weighted by Crippen LogP contribution is 2.44. The van der Waals surface area contributed by atoms with Gasteiger partial charge in [0.05, 0.1) is 5.69 Å². The molecule has 0 bridgehead atoms. The Hall–Kier alpha value is -6.26. The van der Waals surface area contributed by atoms with Gasteiger partial charge in [-0.1, -0.05) is 121 Å². The SMILES string of the molecule is c1ccc2c(c1)cc(N(c1ccc(-c3ccc4sc5ccccc5c4c3)cc1)c1ccc(-c3ccc4sc5ccccc5c4c3)cc1)c1ccccc12. The molecule has 0 N–H and O–H groups in total. The number of rotatable bonds is 5. The Morgan fingerprint density at radius 2 is 0.698 bits per heavy atom. The van der Waals surface area contributed by atoms with E-state index in [0.29, 0.717) is 0 Å². The number of hydrogen-bond donors (Lipinski definition) is 0. The summed E-state index contributed by atoms with van der Waals surface area (Å²) in [4.78, 5) is 2.42. The third-order valence-electron chi connectivity index (χ3n) is 10.7. The van der Waals surface area contributed by atoms with Crippen LogP contribution in [0.5, 0.6) is 0 Å². The van der Waals surface area contributed by atoms with Gasteiger partial charge in [-0.2, -0.15) is 0 Å². The minimum Gasteiger partial charge on any atom is -0.310 e. The summed E-state index contributed by atoms with van der Waals surface area (Å²) in [5.74, 6) is 0. The van der Waals surface area contributed by atoms with Gasteiger partial charge in [-0.3, -0.25) is 0 Å². The lowest BCUT2D eigenvalue weighted by molar-refractivity contribution is 1.30. The zero-order valence-corrected chi connectivity index (χ0v) is 30.3. The van der Waals surface area contributed by atoms with Crippen LogP contribution in [0, 0.1) is 0 Å². The van der Waals surface area contributed by atoms with Crippen LogP contribution in [0.3, 0.4) is 0 Å². The van der Waals surface area contributed by atoms with Gasteiger partial charge in [0.1, 0.15) is 0 Å². The van der Waals surface area contributed by atoms with Crippen LogP contribution in [0.1, 0.15) is 0 Å². The molecule has 0 saturated carbocycles. The molecule has 1 nitrogen and oxygen atoms in total. The van der Waals surface area contributed by atoms with E-state index in [2.05, 4.69) is 193 Å². The maximum Gasteiger partial charge on any atom is 0.0546 e. The number of benzene rings is 9. The van der Waals surface area contributed by atoms with E-state index in [1.807, 2.05) is 22.7 Å². The highest BCUT2D eigenvalue weighted by atomic mass is 32.1. The first-order valence-corrected chi connectivity index (χ1v) is 19.6. The minimum atomic E-state index is 1.12. The maximum absolute atomic E-state index is 2.42. The normalized spacial score (nSPS) is 11.8. The van der Waals surface area contributed by atoms with E-state index in [9.17, 15) is 0 Å². The first-order valence-electron chi connectivity index (χ1n) is 18.0. The van der Waals surface area contributed by atoms with E-state index >= 15 is 0 Å². The molecule has 11 aromatic rings. The van der Waals surface area contributed by atoms with Gasteiger partial charge in [0.25, 0.3) is 0 Å². The van der Waals surface area contributed by atoms with Crippen molar-refractivity contribution >= 4 is 102 Å². The van der Waals surface area contributed by atoms with Crippen LogP contribution in [-0.4, -0.2) is 0 Å². The van der Waals surface area contributed by atoms with Crippen molar-refractivity contribution in [3.63, 3.8) is 0 Å². The standard InChI is InChI=1S/C50H31NS2/c1-2-10-39-36(9-1)31-46(41-12-4-3-11-40(39)41)51(37-23-17-32(18-24-37)34-21-27-49-44(29-34)42-13-5-7-15-47(42)52-49)38-25-19-33(20-26-38)35-22-28-50-45(30-35)43-14-6-8-16-48(43)53-50/h1-31H. The van der Waals surface area contributed by atoms with Gasteiger partial charge < -0.3 is 4.90 Å². The van der Waals surface area contributed by atoms with Crippen molar-refractivity contribution in [2.75, 3.05) is 4.90 Å². The Bertz CT molecular complexity index is 3010. The van der Waals surface area contributed by atoms with Crippen LogP contribution in [-0.2, 0) is 0 Å². The summed E-state index contributed by atoms with van der Waals surface area (Å²) < 4.78 is 5.32. The average Bonchev–Trinajstić information content (AvgIpc) is 3.79. The van der Waals surface area contributed by atoms with E-state index in [-0.39, 0.29) is 0 Å². The highest BCUT2D eigenvalue weighted by Gasteiger charge is 2.18. The Balaban J connectivity index is 1.04. The van der Waals surface area contributed by atoms with E-state index in [4.69, 9.17) is 0 Å². The quantitative estimate of drug-likeness (QED) is 0.161. The molecule has 0 aliphatic rings. The number of nitrogens with zero attached hydrogens (tertiary/aromatic N) is 1. The summed E-state index contributed by atoms with van der Waals surface area (Å²) in [6.07, 6.45) is 0. The second-order valence-corrected chi connectivity index (χ2v) is 15.9. The van der Waals surface area contributed by atoms with Crippen molar-refractivity contribution in [3.8, 4) is 22.3 Å². The molecule has 0 spiro atoms. The Morgan fingerprint density at radius 3 is 1.25 bits per heavy atom. The van der Waals surface area contributed by atoms with Gasteiger partial charge in [0.2, 0.25) is 0 Å². The zero-order chi connectivity index (χ0) is 34.9. The third-order valence-corrected chi connectivity index (χ3v) is 13.0. The zero-order valence-electron chi connectivity index (χ0n) is 28.7. The Labute approximate surface area is 315 Å². The molecule has 0 radical (unpaired) electrons. The molecular formula is C50H31NS2. The van der Waals surface area contributed by atoms with Gasteiger partial charge >= 0.3 is 0 Å². The fourth-order valence-electron chi connectivity index (χ4n) is 8.06. The predicted octanol–water partition coefficient (Wildman–Crippen LogP) is 15.5. The number of fused-ring (bicyclic) bond motifs is 9. The van der Waals surface area contributed by atoms with E-state index in [1.54, 1.807) is 0 Å². The highest BCUT2D eigenvalue weighted by molar-refractivity contribution is 7.26. The van der Waals surface area contributed by atoms with Crippen molar-refractivity contribution < 1.29 is 0 Å². The lowest BCUT2D eigenvalue weighted by Crippen LogP contribution is -2.10. The molecule has 9 aromatic carbocycles. The smallest absolute Gasteiger partial charge is 0.0546 e. The van der Waals surface area contributed by atoms with Crippen LogP contribution in [0.2, 0.25) is 0 Å². The molecule has 0 aliphatic heterocycles. The van der Waals surface area contributed by atoms with Crippen molar-refractivity contribution in [3.05, 3.63) is 188 Å². The molecule has 2 aromatic heterocycles. The number of anilines is 3. The van der Waals surface area contributed by atoms with Crippen LogP contribution in [0.15, 0.2) is 188 Å². The van der Waals surface area contributed by atoms with Gasteiger partial charge in [-0.05, 0) is 105 Å². The number of hydrogen-bond acceptors (Lipinski definition) is 3. The first-order chi connectivity index (χ1) is 26.2. The molecule has 11 rings (SSSR count). The predicted molar refractivity (Wildman–Crippen MR) is 233 cm³/mol. The largest absolute Gasteiger partial charge is 0.310 e. The molecule has 0 amide bonds. The summed E-state index contributed by atoms with van der Waals surface area (Å²) in [7, 11) is 0. The molecule has 0 aliphatic carbocycles. The van der Waals surface area contributed by atoms with E-state index in [0.717, 1.165) is 17.1 Å². The first kappa shape index (κ1) is 30.4. The Morgan fingerprint density at radius 1 is 0.283 bits per heavy atom. The summed E-state index contributed by atoms with van der Waals surface area (Å²) in [6, 6.07) is 69.3. The van der Waals surface area contributed by atoms with Gasteiger partial charge in [0.15, 0.2) is 0 Å². The third kappa shape index (κ3) is 5.04. The summed E-state index contributed by atoms with van der Waals surface area (Å²) in [6.45, 7) is 0. The second kappa shape index (κ2) is 12.2. The summed E-state index contributed by atoms with van der Waals surface area (Å²) in [5, 5.41) is 10.3. The summed E-state index contributed by atoms with van der Waals surface area (Å²) in [5.41, 5.74) is 8.29. The summed E-state index contributed by atoms with van der Waals surface area (Å²) >= 11 is 3.73. The molecular weight excluding hydrogens is 679 g/mol. The van der Waals surface area contributed by atoms with E-state index in [1.165, 1.54) is 84.1 Å². The van der Waals surface area contributed by atoms with Crippen LogP contribution in [0.25, 0.3) is 84.1 Å². The lowest BCUT2D eigenvalue weighted by Gasteiger charge is -2.28. The van der Waals surface area contributed by atoms with Crippen LogP contribution < -0.4 is 4.90 Å². The Kier molecular flexibility index (Phi) is 6.97. The number of thiophene rings is 2. The molecule has 53 heavy (non-hydrogen) atoms. The monoisotopic (exact) mass is 709 g/mol. The molecule has 0 atom stereocenters. The molecule has 248 valence electrons. The maximum atomic E-state index is 2.42. The fraction of sp³-hybridized carbons (Fsp3) is 0. The lowest BCUT2D eigenvalue weighted by atomic mass is 9.98. The van der Waals surface area contributed by atoms with Gasteiger partial charge in [0, 0.05) is 57.1 Å². The fourth-order valence-corrected chi connectivity index (χ4v) is 10.2. The van der Waals surface area contributed by atoms with Crippen molar-refractivity contribution in [1.29, 1.82) is 0 Å². The molecule has 0 fully saturated rings. The van der Waals surface area contributed by atoms with Gasteiger partial charge in [-0.15, -0.1) is 22.7 Å². The van der Waals surface area contributed by atoms with Crippen LogP contribution >= 0.6 is 22.7 Å². The van der Waals surface area contributed by atoms with Crippen molar-refractivity contribution in [2.24, 2.45) is 0 Å². The van der Waals surface area contributed by atoms with E-state index < -0.39 is 0 Å².